The van der Waals surface area contributed by atoms with Crippen LogP contribution in [-0.4, -0.2) is 42.6 Å². The summed E-state index contributed by atoms with van der Waals surface area (Å²) in [5, 5.41) is 3.44. The third-order valence-corrected chi connectivity index (χ3v) is 8.54. The Morgan fingerprint density at radius 1 is 0.917 bits per heavy atom. The Bertz CT molecular complexity index is 1010. The molecule has 5 heteroatoms. The summed E-state index contributed by atoms with van der Waals surface area (Å²) in [4.78, 5) is 13.7. The quantitative estimate of drug-likeness (QED) is 0.323. The first kappa shape index (κ1) is 27.2. The molecule has 3 aliphatic rings. The monoisotopic (exact) mass is 600 g/mol. The van der Waals surface area contributed by atoms with Gasteiger partial charge >= 0.3 is 0 Å². The van der Waals surface area contributed by atoms with E-state index in [1.54, 1.807) is 5.57 Å². The predicted molar refractivity (Wildman–Crippen MR) is 142 cm³/mol. The highest BCUT2D eigenvalue weighted by molar-refractivity contribution is 5.89. The van der Waals surface area contributed by atoms with E-state index in [2.05, 4.69) is 18.3 Å². The van der Waals surface area contributed by atoms with Crippen molar-refractivity contribution in [3.05, 3.63) is 71.3 Å². The van der Waals surface area contributed by atoms with Gasteiger partial charge in [-0.05, 0) is 50.3 Å². The summed E-state index contributed by atoms with van der Waals surface area (Å²) in [5.74, 6) is 1.38. The van der Waals surface area contributed by atoms with Crippen LogP contribution in [-0.2, 0) is 4.79 Å². The fraction of sp³-hybridized carbons (Fsp3) is 0.516. The molecular formula is C31H41IN2O2. The highest BCUT2D eigenvalue weighted by Crippen LogP contribution is 2.44. The highest BCUT2D eigenvalue weighted by atomic mass is 127. The number of hydrogen-bond donors (Lipinski definition) is 1. The van der Waals surface area contributed by atoms with Crippen molar-refractivity contribution in [3.63, 3.8) is 0 Å². The van der Waals surface area contributed by atoms with E-state index >= 15 is 0 Å². The molecule has 1 aliphatic carbocycles. The lowest BCUT2D eigenvalue weighted by Gasteiger charge is -2.44. The van der Waals surface area contributed by atoms with Crippen LogP contribution in [0.4, 0.5) is 0 Å². The Labute approximate surface area is 234 Å². The number of allylic oxidation sites excluding steroid dienone is 1. The number of benzene rings is 2. The number of nitrogens with one attached hydrogen (secondary N) is 1. The first-order valence-corrected chi connectivity index (χ1v) is 13.9. The van der Waals surface area contributed by atoms with Gasteiger partial charge in [0.05, 0.1) is 25.6 Å². The van der Waals surface area contributed by atoms with E-state index in [1.165, 1.54) is 62.5 Å². The standard InChI is InChI=1S/C31H40N2O2.HI/c1-2-33(23-24-13-7-5-3-4-6-8-14-24)21-19-25(20-22-33)32-31(34)30-26-15-9-11-17-28(26)35-29-18-12-10-16-27(29)30;/h9-13,15-18,25,30H,2-8,14,19-23H2,1H3;1H/b24-13+;. The minimum atomic E-state index is -0.312. The number of nitrogens with zero attached hydrogens (tertiary/aromatic N) is 1. The Morgan fingerprint density at radius 2 is 1.53 bits per heavy atom. The largest absolute Gasteiger partial charge is 1.00 e. The Kier molecular flexibility index (Phi) is 9.51. The molecule has 0 unspecified atom stereocenters. The van der Waals surface area contributed by atoms with Crippen molar-refractivity contribution in [2.24, 2.45) is 0 Å². The van der Waals surface area contributed by atoms with Gasteiger partial charge in [-0.25, -0.2) is 0 Å². The van der Waals surface area contributed by atoms with Crippen molar-refractivity contribution in [3.8, 4) is 11.5 Å². The Hall–Kier alpha value is -1.86. The fourth-order valence-corrected chi connectivity index (χ4v) is 6.33. The molecule has 1 N–H and O–H groups in total. The van der Waals surface area contributed by atoms with Gasteiger partial charge in [0, 0.05) is 30.0 Å². The van der Waals surface area contributed by atoms with Gasteiger partial charge in [0.25, 0.3) is 0 Å². The molecule has 1 amide bonds. The maximum absolute atomic E-state index is 13.7. The third-order valence-electron chi connectivity index (χ3n) is 8.54. The number of carbonyl (C=O) groups excluding carboxylic acids is 1. The van der Waals surface area contributed by atoms with E-state index in [-0.39, 0.29) is 41.8 Å². The van der Waals surface area contributed by atoms with Crippen LogP contribution >= 0.6 is 0 Å². The molecule has 1 fully saturated rings. The number of likely N-dealkylation sites (tertiary alicyclic amines) is 1. The molecule has 2 aromatic rings. The van der Waals surface area contributed by atoms with Gasteiger partial charge in [-0.1, -0.05) is 61.7 Å². The van der Waals surface area contributed by atoms with E-state index in [0.29, 0.717) is 0 Å². The Morgan fingerprint density at radius 3 is 2.19 bits per heavy atom. The molecule has 0 saturated carbocycles. The van der Waals surface area contributed by atoms with Gasteiger partial charge in [0.2, 0.25) is 5.91 Å². The van der Waals surface area contributed by atoms with Crippen LogP contribution < -0.4 is 34.0 Å². The number of likely N-dealkylation sites (N-methyl/N-ethyl adjacent to an activating group) is 1. The number of ether oxygens (including phenoxy) is 1. The number of para-hydroxylation sites is 2. The molecule has 0 bridgehead atoms. The summed E-state index contributed by atoms with van der Waals surface area (Å²) in [7, 11) is 0. The number of rotatable bonds is 5. The smallest absolute Gasteiger partial charge is 0.232 e. The summed E-state index contributed by atoms with van der Waals surface area (Å²) in [6, 6.07) is 16.2. The van der Waals surface area contributed by atoms with Crippen LogP contribution in [0.3, 0.4) is 0 Å². The lowest BCUT2D eigenvalue weighted by molar-refractivity contribution is -0.927. The minimum absolute atomic E-state index is 0. The van der Waals surface area contributed by atoms with Crippen molar-refractivity contribution in [2.75, 3.05) is 26.2 Å². The summed E-state index contributed by atoms with van der Waals surface area (Å²) >= 11 is 0. The number of halogens is 1. The molecule has 36 heavy (non-hydrogen) atoms. The highest BCUT2D eigenvalue weighted by Gasteiger charge is 2.37. The number of quaternary nitrogens is 1. The van der Waals surface area contributed by atoms with Crippen LogP contribution in [0.2, 0.25) is 0 Å². The molecular weight excluding hydrogens is 559 g/mol. The van der Waals surface area contributed by atoms with Crippen LogP contribution in [0.25, 0.3) is 0 Å². The van der Waals surface area contributed by atoms with Crippen molar-refractivity contribution < 1.29 is 38.0 Å². The molecule has 2 aliphatic heterocycles. The van der Waals surface area contributed by atoms with E-state index in [0.717, 1.165) is 48.6 Å². The summed E-state index contributed by atoms with van der Waals surface area (Å²) in [6.45, 7) is 7.04. The van der Waals surface area contributed by atoms with Crippen LogP contribution in [0, 0.1) is 0 Å². The van der Waals surface area contributed by atoms with E-state index < -0.39 is 0 Å². The molecule has 0 aromatic heterocycles. The lowest BCUT2D eigenvalue weighted by Crippen LogP contribution is -3.00. The summed E-state index contributed by atoms with van der Waals surface area (Å²) in [6.07, 6.45) is 14.1. The van der Waals surface area contributed by atoms with Crippen molar-refractivity contribution in [2.45, 2.75) is 76.7 Å². The number of carbonyl (C=O) groups is 1. The van der Waals surface area contributed by atoms with E-state index in [9.17, 15) is 4.79 Å². The maximum Gasteiger partial charge on any atom is 0.232 e. The molecule has 0 radical (unpaired) electrons. The number of fused-ring (bicyclic) bond motifs is 2. The number of amides is 1. The molecule has 194 valence electrons. The molecule has 0 spiro atoms. The van der Waals surface area contributed by atoms with Gasteiger partial charge in [0.15, 0.2) is 0 Å². The SMILES string of the molecule is CC[N+]1(C/C2=C/CCCCCCC2)CCC(NC(=O)C2c3ccccc3Oc3ccccc32)CC1.[I-]. The normalized spacial score (nSPS) is 25.8. The Balaban J connectivity index is 0.00000304. The van der Waals surface area contributed by atoms with E-state index in [1.807, 2.05) is 48.5 Å². The van der Waals surface area contributed by atoms with Gasteiger partial charge < -0.3 is 38.5 Å². The number of hydrogen-bond acceptors (Lipinski definition) is 2. The van der Waals surface area contributed by atoms with Gasteiger partial charge in [-0.15, -0.1) is 0 Å². The first-order chi connectivity index (χ1) is 17.2. The molecule has 1 saturated heterocycles. The lowest BCUT2D eigenvalue weighted by atomic mass is 9.86. The maximum atomic E-state index is 13.7. The second-order valence-corrected chi connectivity index (χ2v) is 10.8. The molecule has 0 atom stereocenters. The average molecular weight is 601 g/mol. The molecule has 2 heterocycles. The molecule has 2 aromatic carbocycles. The zero-order chi connectivity index (χ0) is 24.1. The van der Waals surface area contributed by atoms with Crippen LogP contribution in [0.15, 0.2) is 60.2 Å². The molecule has 5 rings (SSSR count). The minimum Gasteiger partial charge on any atom is -1.00 e. The van der Waals surface area contributed by atoms with Crippen LogP contribution in [0.1, 0.15) is 81.8 Å². The van der Waals surface area contributed by atoms with Crippen molar-refractivity contribution in [1.29, 1.82) is 0 Å². The van der Waals surface area contributed by atoms with Crippen molar-refractivity contribution in [1.82, 2.24) is 5.32 Å². The summed E-state index contributed by atoms with van der Waals surface area (Å²) < 4.78 is 7.28. The van der Waals surface area contributed by atoms with E-state index in [4.69, 9.17) is 4.74 Å². The first-order valence-electron chi connectivity index (χ1n) is 13.9. The zero-order valence-corrected chi connectivity index (χ0v) is 23.8. The van der Waals surface area contributed by atoms with Crippen LogP contribution in [0.5, 0.6) is 11.5 Å². The zero-order valence-electron chi connectivity index (χ0n) is 21.7. The molecule has 4 nitrogen and oxygen atoms in total. The van der Waals surface area contributed by atoms with Gasteiger partial charge in [0.1, 0.15) is 18.0 Å². The van der Waals surface area contributed by atoms with Crippen molar-refractivity contribution >= 4 is 5.91 Å². The topological polar surface area (TPSA) is 38.3 Å². The second kappa shape index (κ2) is 12.6. The average Bonchev–Trinajstić information content (AvgIpc) is 3.02. The fourth-order valence-electron chi connectivity index (χ4n) is 6.33. The third kappa shape index (κ3) is 6.16. The number of piperidine rings is 1. The predicted octanol–water partition coefficient (Wildman–Crippen LogP) is 3.71. The van der Waals surface area contributed by atoms with Gasteiger partial charge in [-0.2, -0.15) is 0 Å². The van der Waals surface area contributed by atoms with Gasteiger partial charge in [-0.3, -0.25) is 4.79 Å². The summed E-state index contributed by atoms with van der Waals surface area (Å²) in [5.41, 5.74) is 3.61. The second-order valence-electron chi connectivity index (χ2n) is 10.8.